The van der Waals surface area contributed by atoms with Crippen LogP contribution in [-0.2, 0) is 15.8 Å². The van der Waals surface area contributed by atoms with E-state index >= 15 is 0 Å². The maximum absolute atomic E-state index is 13.8. The summed E-state index contributed by atoms with van der Waals surface area (Å²) in [5.41, 5.74) is 0.997. The van der Waals surface area contributed by atoms with Gasteiger partial charge in [-0.15, -0.1) is 0 Å². The Balaban J connectivity index is 0.000000218. The fourth-order valence-corrected chi connectivity index (χ4v) is 5.92. The molecule has 2 aromatic carbocycles. The van der Waals surface area contributed by atoms with E-state index < -0.39 is 29.6 Å². The molecular formula is C37H41F4N5O7. The van der Waals surface area contributed by atoms with E-state index in [0.717, 1.165) is 57.6 Å². The summed E-state index contributed by atoms with van der Waals surface area (Å²) in [5, 5.41) is 19.0. The fourth-order valence-electron chi connectivity index (χ4n) is 5.92. The number of anilines is 3. The molecule has 1 amide bonds. The highest BCUT2D eigenvalue weighted by molar-refractivity contribution is 5.88. The van der Waals surface area contributed by atoms with Crippen LogP contribution >= 0.6 is 0 Å². The Bertz CT molecular complexity index is 1790. The molecule has 4 heterocycles. The summed E-state index contributed by atoms with van der Waals surface area (Å²) < 4.78 is 62.9. The zero-order valence-electron chi connectivity index (χ0n) is 29.2. The summed E-state index contributed by atoms with van der Waals surface area (Å²) in [7, 11) is 0. The number of aromatic carboxylic acids is 1. The number of halogens is 4. The van der Waals surface area contributed by atoms with Crippen molar-refractivity contribution in [3.8, 4) is 5.75 Å². The van der Waals surface area contributed by atoms with E-state index in [4.69, 9.17) is 24.2 Å². The number of nitrogens with one attached hydrogen (secondary N) is 1. The SMILES string of the molecule is CC(=O)O.Cc1oc(N2CCC(c3ccccc3)CC2)nc1C(F)(F)F.O=CNc1ccc(N2CCC(COc3cc(C(=O)O)ccc3F)CC2)nc1. The molecule has 3 N–H and O–H groups in total. The lowest BCUT2D eigenvalue weighted by molar-refractivity contribution is -0.141. The maximum atomic E-state index is 13.8. The number of amides is 1. The first-order valence-electron chi connectivity index (χ1n) is 16.9. The number of alkyl halides is 3. The van der Waals surface area contributed by atoms with E-state index in [1.54, 1.807) is 17.2 Å². The summed E-state index contributed by atoms with van der Waals surface area (Å²) in [5.74, 6) is -1.18. The van der Waals surface area contributed by atoms with Crippen LogP contribution in [0.5, 0.6) is 5.75 Å². The predicted octanol–water partition coefficient (Wildman–Crippen LogP) is 7.26. The number of hydrogen-bond acceptors (Lipinski definition) is 9. The molecule has 0 unspecified atom stereocenters. The normalized spacial score (nSPS) is 15.0. The topological polar surface area (TPSA) is 158 Å². The largest absolute Gasteiger partial charge is 0.490 e. The molecule has 0 spiro atoms. The predicted molar refractivity (Wildman–Crippen MR) is 188 cm³/mol. The number of nitrogens with zero attached hydrogens (tertiary/aromatic N) is 4. The standard InChI is InChI=1S/C19H20FN3O4.C16H17F3N2O.C2H4O2/c20-16-3-1-14(19(25)26)9-17(16)27-11-13-5-7-23(8-6-13)18-4-2-15(10-21-18)22-12-24;1-11-14(16(17,18)19)20-15(22-11)21-9-7-13(8-10-21)12-5-3-2-4-6-12;1-2(3)4/h1-4,9-10,12-13H,5-8,11H2,(H,22,24)(H,25,26);2-6,13H,7-10H2,1H3;1H3,(H,3,4). The van der Waals surface area contributed by atoms with Crippen molar-refractivity contribution >= 4 is 35.9 Å². The number of aromatic nitrogens is 2. The number of piperidine rings is 2. The summed E-state index contributed by atoms with van der Waals surface area (Å²) in [6.45, 7) is 5.60. The number of rotatable bonds is 9. The molecule has 16 heteroatoms. The zero-order chi connectivity index (χ0) is 38.5. The lowest BCUT2D eigenvalue weighted by Crippen LogP contribution is -2.36. The Hall–Kier alpha value is -5.67. The Morgan fingerprint density at radius 1 is 0.981 bits per heavy atom. The molecule has 0 atom stereocenters. The average molecular weight is 744 g/mol. The van der Waals surface area contributed by atoms with Gasteiger partial charge in [0.15, 0.2) is 17.3 Å². The average Bonchev–Trinajstić information content (AvgIpc) is 3.55. The first-order chi connectivity index (χ1) is 25.2. The van der Waals surface area contributed by atoms with Crippen molar-refractivity contribution in [2.24, 2.45) is 5.92 Å². The molecule has 6 rings (SSSR count). The van der Waals surface area contributed by atoms with Crippen LogP contribution in [0.2, 0.25) is 0 Å². The van der Waals surface area contributed by atoms with Gasteiger partial charge in [-0.25, -0.2) is 14.2 Å². The fraction of sp³-hybridized carbons (Fsp3) is 0.378. The highest BCUT2D eigenvalue weighted by atomic mass is 19.4. The quantitative estimate of drug-likeness (QED) is 0.117. The number of aliphatic carboxylic acids is 1. The van der Waals surface area contributed by atoms with E-state index in [1.165, 1.54) is 24.6 Å². The number of benzene rings is 2. The number of ether oxygens (including phenoxy) is 1. The molecule has 0 radical (unpaired) electrons. The summed E-state index contributed by atoms with van der Waals surface area (Å²) in [4.78, 5) is 42.3. The molecule has 53 heavy (non-hydrogen) atoms. The minimum atomic E-state index is -4.46. The van der Waals surface area contributed by atoms with E-state index in [9.17, 15) is 27.2 Å². The van der Waals surface area contributed by atoms with E-state index in [0.29, 0.717) is 37.7 Å². The Labute approximate surface area is 303 Å². The number of oxazole rings is 1. The van der Waals surface area contributed by atoms with Crippen molar-refractivity contribution in [2.75, 3.05) is 47.9 Å². The highest BCUT2D eigenvalue weighted by Gasteiger charge is 2.38. The van der Waals surface area contributed by atoms with Crippen molar-refractivity contribution in [3.63, 3.8) is 0 Å². The third kappa shape index (κ3) is 11.9. The maximum Gasteiger partial charge on any atom is 0.436 e. The Morgan fingerprint density at radius 3 is 2.17 bits per heavy atom. The van der Waals surface area contributed by atoms with Crippen molar-refractivity contribution < 1.29 is 51.3 Å². The third-order valence-electron chi connectivity index (χ3n) is 8.65. The van der Waals surface area contributed by atoms with Gasteiger partial charge in [0.2, 0.25) is 6.41 Å². The van der Waals surface area contributed by atoms with Gasteiger partial charge in [-0.05, 0) is 80.3 Å². The van der Waals surface area contributed by atoms with Gasteiger partial charge in [-0.1, -0.05) is 30.3 Å². The third-order valence-corrected chi connectivity index (χ3v) is 8.65. The van der Waals surface area contributed by atoms with E-state index in [2.05, 4.69) is 32.3 Å². The number of hydrogen-bond donors (Lipinski definition) is 3. The molecule has 2 aliphatic rings. The van der Waals surface area contributed by atoms with Gasteiger partial charge in [-0.2, -0.15) is 18.2 Å². The second kappa shape index (κ2) is 18.7. The lowest BCUT2D eigenvalue weighted by Gasteiger charge is -2.32. The zero-order valence-corrected chi connectivity index (χ0v) is 29.2. The van der Waals surface area contributed by atoms with Gasteiger partial charge in [0.1, 0.15) is 11.6 Å². The summed E-state index contributed by atoms with van der Waals surface area (Å²) in [6, 6.07) is 17.5. The minimum Gasteiger partial charge on any atom is -0.490 e. The molecule has 2 aromatic heterocycles. The van der Waals surface area contributed by atoms with Gasteiger partial charge in [0, 0.05) is 33.1 Å². The molecule has 0 bridgehead atoms. The van der Waals surface area contributed by atoms with Crippen LogP contribution in [-0.4, -0.2) is 71.3 Å². The van der Waals surface area contributed by atoms with Crippen LogP contribution in [0, 0.1) is 18.7 Å². The highest BCUT2D eigenvalue weighted by Crippen LogP contribution is 2.36. The number of carboxylic acids is 2. The van der Waals surface area contributed by atoms with Crippen LogP contribution in [0.4, 0.5) is 35.1 Å². The molecule has 284 valence electrons. The first-order valence-corrected chi connectivity index (χ1v) is 16.9. The van der Waals surface area contributed by atoms with Crippen LogP contribution in [0.3, 0.4) is 0 Å². The number of carbonyl (C=O) groups is 3. The van der Waals surface area contributed by atoms with Crippen molar-refractivity contribution in [1.29, 1.82) is 0 Å². The minimum absolute atomic E-state index is 0.000176. The van der Waals surface area contributed by atoms with Crippen molar-refractivity contribution in [1.82, 2.24) is 9.97 Å². The number of carboxylic acid groups (broad SMARTS) is 2. The van der Waals surface area contributed by atoms with Gasteiger partial charge in [0.25, 0.3) is 12.0 Å². The number of aryl methyl sites for hydroxylation is 1. The van der Waals surface area contributed by atoms with Crippen LogP contribution in [0.1, 0.15) is 65.9 Å². The van der Waals surface area contributed by atoms with Crippen LogP contribution in [0.15, 0.2) is 71.3 Å². The molecule has 12 nitrogen and oxygen atoms in total. The van der Waals surface area contributed by atoms with Crippen molar-refractivity contribution in [3.05, 3.63) is 95.3 Å². The molecule has 2 fully saturated rings. The molecule has 2 saturated heterocycles. The van der Waals surface area contributed by atoms with E-state index in [-0.39, 0.29) is 29.0 Å². The first kappa shape index (κ1) is 40.1. The number of carbonyl (C=O) groups excluding carboxylic acids is 1. The summed E-state index contributed by atoms with van der Waals surface area (Å²) in [6.07, 6.45) is 1.23. The van der Waals surface area contributed by atoms with Gasteiger partial charge >= 0.3 is 12.1 Å². The van der Waals surface area contributed by atoms with Crippen LogP contribution in [0.25, 0.3) is 0 Å². The van der Waals surface area contributed by atoms with E-state index in [1.807, 2.05) is 24.3 Å². The monoisotopic (exact) mass is 743 g/mol. The lowest BCUT2D eigenvalue weighted by atomic mass is 9.90. The Kier molecular flexibility index (Phi) is 14.2. The molecule has 2 aliphatic heterocycles. The van der Waals surface area contributed by atoms with Gasteiger partial charge in [-0.3, -0.25) is 9.59 Å². The molecular weight excluding hydrogens is 702 g/mol. The molecule has 0 aliphatic carbocycles. The molecule has 4 aromatic rings. The second-order valence-electron chi connectivity index (χ2n) is 12.4. The Morgan fingerprint density at radius 2 is 1.62 bits per heavy atom. The van der Waals surface area contributed by atoms with Gasteiger partial charge < -0.3 is 34.5 Å². The smallest absolute Gasteiger partial charge is 0.436 e. The number of pyridine rings is 1. The molecule has 0 saturated carbocycles. The van der Waals surface area contributed by atoms with Crippen LogP contribution < -0.4 is 19.9 Å². The van der Waals surface area contributed by atoms with Crippen molar-refractivity contribution in [2.45, 2.75) is 51.6 Å². The van der Waals surface area contributed by atoms with Gasteiger partial charge in [0.05, 0.1) is 24.1 Å². The second-order valence-corrected chi connectivity index (χ2v) is 12.4. The summed E-state index contributed by atoms with van der Waals surface area (Å²) >= 11 is 0.